The summed E-state index contributed by atoms with van der Waals surface area (Å²) < 4.78 is 2.57. The molecule has 2 heterocycles. The lowest BCUT2D eigenvalue weighted by Crippen LogP contribution is -1.97. The normalized spacial score (nSPS) is 11.5. The zero-order valence-corrected chi connectivity index (χ0v) is 31.7. The summed E-state index contributed by atoms with van der Waals surface area (Å²) in [5.74, 6) is 0.693. The summed E-state index contributed by atoms with van der Waals surface area (Å²) in [4.78, 5) is 10.6. The van der Waals surface area contributed by atoms with E-state index >= 15 is 0 Å². The van der Waals surface area contributed by atoms with E-state index in [4.69, 9.17) is 9.97 Å². The molecule has 0 aliphatic rings. The minimum absolute atomic E-state index is 0.693. The van der Waals surface area contributed by atoms with Gasteiger partial charge in [-0.15, -0.1) is 11.3 Å². The van der Waals surface area contributed by atoms with E-state index in [0.29, 0.717) is 5.82 Å². The number of rotatable bonds is 6. The van der Waals surface area contributed by atoms with Gasteiger partial charge in [0.25, 0.3) is 0 Å². The van der Waals surface area contributed by atoms with Crippen molar-refractivity contribution in [1.82, 2.24) is 9.97 Å². The van der Waals surface area contributed by atoms with Gasteiger partial charge in [0, 0.05) is 36.9 Å². The molecule has 0 unspecified atom stereocenters. The van der Waals surface area contributed by atoms with Gasteiger partial charge in [-0.1, -0.05) is 164 Å². The average Bonchev–Trinajstić information content (AvgIpc) is 3.68. The predicted octanol–water partition coefficient (Wildman–Crippen LogP) is 15.2. The van der Waals surface area contributed by atoms with Gasteiger partial charge in [0.05, 0.1) is 11.4 Å². The van der Waals surface area contributed by atoms with E-state index in [2.05, 4.69) is 194 Å². The molecular formula is C54H34N2S. The molecule has 57 heavy (non-hydrogen) atoms. The maximum absolute atomic E-state index is 5.29. The molecule has 3 heteroatoms. The van der Waals surface area contributed by atoms with E-state index in [1.54, 1.807) is 0 Å². The summed E-state index contributed by atoms with van der Waals surface area (Å²) in [6, 6.07) is 74.0. The zero-order chi connectivity index (χ0) is 37.7. The van der Waals surface area contributed by atoms with Crippen LogP contribution in [0.5, 0.6) is 0 Å². The molecule has 9 aromatic carbocycles. The van der Waals surface area contributed by atoms with Crippen molar-refractivity contribution in [2.75, 3.05) is 0 Å². The van der Waals surface area contributed by atoms with Gasteiger partial charge in [-0.05, 0) is 97.4 Å². The molecule has 0 saturated carbocycles. The number of nitrogens with zero attached hydrogens (tertiary/aromatic N) is 2. The number of aromatic nitrogens is 2. The molecule has 0 aliphatic carbocycles. The maximum atomic E-state index is 5.29. The highest BCUT2D eigenvalue weighted by Crippen LogP contribution is 2.43. The van der Waals surface area contributed by atoms with Gasteiger partial charge in [0.1, 0.15) is 0 Å². The Morgan fingerprint density at radius 1 is 0.298 bits per heavy atom. The van der Waals surface area contributed by atoms with Gasteiger partial charge >= 0.3 is 0 Å². The highest BCUT2D eigenvalue weighted by molar-refractivity contribution is 7.26. The third kappa shape index (κ3) is 5.97. The number of fused-ring (bicyclic) bond motifs is 6. The van der Waals surface area contributed by atoms with Gasteiger partial charge in [0.15, 0.2) is 5.82 Å². The van der Waals surface area contributed by atoms with Crippen molar-refractivity contribution in [3.63, 3.8) is 0 Å². The maximum Gasteiger partial charge on any atom is 0.160 e. The predicted molar refractivity (Wildman–Crippen MR) is 243 cm³/mol. The van der Waals surface area contributed by atoms with E-state index in [1.807, 2.05) is 23.5 Å². The van der Waals surface area contributed by atoms with Crippen LogP contribution in [-0.4, -0.2) is 9.97 Å². The summed E-state index contributed by atoms with van der Waals surface area (Å²) in [7, 11) is 0. The van der Waals surface area contributed by atoms with Gasteiger partial charge < -0.3 is 0 Å². The number of hydrogen-bond donors (Lipinski definition) is 0. The highest BCUT2D eigenvalue weighted by atomic mass is 32.1. The summed E-state index contributed by atoms with van der Waals surface area (Å²) >= 11 is 1.86. The Hall–Kier alpha value is -7.20. The second kappa shape index (κ2) is 13.8. The number of hydrogen-bond acceptors (Lipinski definition) is 3. The molecule has 0 spiro atoms. The third-order valence-corrected chi connectivity index (χ3v) is 12.3. The Bertz CT molecular complexity index is 3230. The van der Waals surface area contributed by atoms with Crippen molar-refractivity contribution in [1.29, 1.82) is 0 Å². The van der Waals surface area contributed by atoms with Crippen LogP contribution in [0.25, 0.3) is 109 Å². The first-order chi connectivity index (χ1) is 28.2. The Morgan fingerprint density at radius 3 is 1.61 bits per heavy atom. The van der Waals surface area contributed by atoms with Crippen LogP contribution in [0.4, 0.5) is 0 Å². The minimum atomic E-state index is 0.693. The molecule has 0 N–H and O–H groups in total. The molecule has 11 aromatic rings. The van der Waals surface area contributed by atoms with Crippen molar-refractivity contribution in [2.45, 2.75) is 0 Å². The van der Waals surface area contributed by atoms with Crippen molar-refractivity contribution < 1.29 is 0 Å². The van der Waals surface area contributed by atoms with E-state index < -0.39 is 0 Å². The number of benzene rings is 9. The van der Waals surface area contributed by atoms with Crippen molar-refractivity contribution in [3.8, 4) is 67.3 Å². The van der Waals surface area contributed by atoms with E-state index in [0.717, 1.165) is 44.8 Å². The minimum Gasteiger partial charge on any atom is -0.228 e. The fraction of sp³-hybridized carbons (Fsp3) is 0. The molecule has 11 rings (SSSR count). The lowest BCUT2D eigenvalue weighted by Gasteiger charge is -2.15. The van der Waals surface area contributed by atoms with Crippen LogP contribution < -0.4 is 0 Å². The highest BCUT2D eigenvalue weighted by Gasteiger charge is 2.17. The average molecular weight is 743 g/mol. The number of thiophene rings is 1. The third-order valence-electron chi connectivity index (χ3n) is 11.0. The Kier molecular flexibility index (Phi) is 8.04. The SMILES string of the molecule is c1ccc(-c2cc(-c3ccccc3)nc(-c3cc(-c4cccc(-c5cc6ccccc6c6ccccc56)c4)cc(-c4cccc5c4sc4ccccc45)c3)n2)cc1. The monoisotopic (exact) mass is 742 g/mol. The van der Waals surface area contributed by atoms with E-state index in [-0.39, 0.29) is 0 Å². The van der Waals surface area contributed by atoms with Crippen LogP contribution in [0.3, 0.4) is 0 Å². The zero-order valence-electron chi connectivity index (χ0n) is 30.9. The standard InChI is InChI=1S/C54H34N2S/c1-3-15-35(16-4-1)50-34-51(36-17-5-2-6-18-36)56-54(55-50)42-31-40(30-41(32-42)44-26-14-27-48-47-25-11-12-28-52(47)57-53(44)48)37-20-13-21-38(29-37)49-33-39-19-7-8-22-43(39)45-23-9-10-24-46(45)49/h1-34H. The molecule has 0 atom stereocenters. The van der Waals surface area contributed by atoms with E-state index in [1.165, 1.54) is 58.4 Å². The Balaban J connectivity index is 1.15. The van der Waals surface area contributed by atoms with Crippen molar-refractivity contribution >= 4 is 53.1 Å². The van der Waals surface area contributed by atoms with Crippen LogP contribution in [0.2, 0.25) is 0 Å². The first-order valence-corrected chi connectivity index (χ1v) is 20.1. The van der Waals surface area contributed by atoms with E-state index in [9.17, 15) is 0 Å². The van der Waals surface area contributed by atoms with Gasteiger partial charge in [-0.2, -0.15) is 0 Å². The molecule has 2 nitrogen and oxygen atoms in total. The molecule has 0 bridgehead atoms. The van der Waals surface area contributed by atoms with Crippen molar-refractivity contribution in [2.24, 2.45) is 0 Å². The van der Waals surface area contributed by atoms with Gasteiger partial charge in [-0.25, -0.2) is 9.97 Å². The fourth-order valence-corrected chi connectivity index (χ4v) is 9.54. The summed E-state index contributed by atoms with van der Waals surface area (Å²) in [6.07, 6.45) is 0. The van der Waals surface area contributed by atoms with Crippen LogP contribution in [0.1, 0.15) is 0 Å². The first kappa shape index (κ1) is 33.2. The molecular weight excluding hydrogens is 709 g/mol. The largest absolute Gasteiger partial charge is 0.228 e. The van der Waals surface area contributed by atoms with Gasteiger partial charge in [0.2, 0.25) is 0 Å². The van der Waals surface area contributed by atoms with Crippen LogP contribution >= 0.6 is 11.3 Å². The second-order valence-electron chi connectivity index (χ2n) is 14.5. The topological polar surface area (TPSA) is 25.8 Å². The summed E-state index contributed by atoms with van der Waals surface area (Å²) in [6.45, 7) is 0. The Labute approximate surface area is 335 Å². The molecule has 0 saturated heterocycles. The second-order valence-corrected chi connectivity index (χ2v) is 15.6. The van der Waals surface area contributed by atoms with Crippen molar-refractivity contribution in [3.05, 3.63) is 206 Å². The first-order valence-electron chi connectivity index (χ1n) is 19.3. The fourth-order valence-electron chi connectivity index (χ4n) is 8.30. The molecule has 266 valence electrons. The van der Waals surface area contributed by atoms with Crippen LogP contribution in [0.15, 0.2) is 206 Å². The summed E-state index contributed by atoms with van der Waals surface area (Å²) in [5.41, 5.74) is 11.9. The lowest BCUT2D eigenvalue weighted by atomic mass is 9.90. The van der Waals surface area contributed by atoms with Crippen LogP contribution in [-0.2, 0) is 0 Å². The summed E-state index contributed by atoms with van der Waals surface area (Å²) in [5, 5.41) is 7.59. The molecule has 0 amide bonds. The van der Waals surface area contributed by atoms with Crippen LogP contribution in [0, 0.1) is 0 Å². The van der Waals surface area contributed by atoms with Gasteiger partial charge in [-0.3, -0.25) is 0 Å². The lowest BCUT2D eigenvalue weighted by molar-refractivity contribution is 1.18. The Morgan fingerprint density at radius 2 is 0.842 bits per heavy atom. The molecule has 0 radical (unpaired) electrons. The quantitative estimate of drug-likeness (QED) is 0.159. The molecule has 2 aromatic heterocycles. The molecule has 0 fully saturated rings. The smallest absolute Gasteiger partial charge is 0.160 e. The molecule has 0 aliphatic heterocycles.